The van der Waals surface area contributed by atoms with Gasteiger partial charge in [0.2, 0.25) is 0 Å². The average Bonchev–Trinajstić information content (AvgIpc) is 3.18. The third-order valence-corrected chi connectivity index (χ3v) is 4.67. The van der Waals surface area contributed by atoms with Crippen LogP contribution in [0.3, 0.4) is 0 Å². The molecule has 0 bridgehead atoms. The van der Waals surface area contributed by atoms with Crippen LogP contribution in [0.5, 0.6) is 11.5 Å². The monoisotopic (exact) mass is 439 g/mol. The van der Waals surface area contributed by atoms with Gasteiger partial charge in [-0.25, -0.2) is 9.59 Å². The molecular weight excluding hydrogens is 414 g/mol. The lowest BCUT2D eigenvalue weighted by Gasteiger charge is -2.22. The predicted octanol–water partition coefficient (Wildman–Crippen LogP) is 3.32. The van der Waals surface area contributed by atoms with Gasteiger partial charge in [-0.15, -0.1) is 15.0 Å². The topological polar surface area (TPSA) is 113 Å². The number of carbonyl (C=O) groups is 2. The van der Waals surface area contributed by atoms with Crippen molar-refractivity contribution in [2.45, 2.75) is 26.2 Å². The molecule has 3 rings (SSSR count). The first kappa shape index (κ1) is 22.8. The summed E-state index contributed by atoms with van der Waals surface area (Å²) in [6, 6.07) is 8.16. The first-order valence-electron chi connectivity index (χ1n) is 9.89. The molecule has 1 heterocycles. The molecule has 0 saturated carbocycles. The van der Waals surface area contributed by atoms with E-state index in [1.807, 2.05) is 20.8 Å². The van der Waals surface area contributed by atoms with Gasteiger partial charge in [0.05, 0.1) is 12.7 Å². The van der Waals surface area contributed by atoms with E-state index in [1.165, 1.54) is 4.80 Å². The highest BCUT2D eigenvalue weighted by molar-refractivity contribution is 5.93. The Balaban J connectivity index is 1.88. The van der Waals surface area contributed by atoms with Crippen molar-refractivity contribution in [3.05, 3.63) is 54.1 Å². The molecular formula is C23H25N3O6. The summed E-state index contributed by atoms with van der Waals surface area (Å²) >= 11 is 0. The summed E-state index contributed by atoms with van der Waals surface area (Å²) in [6.07, 6.45) is 1.03. The highest BCUT2D eigenvalue weighted by Gasteiger charge is 2.23. The summed E-state index contributed by atoms with van der Waals surface area (Å²) in [5.41, 5.74) is 1.95. The van der Waals surface area contributed by atoms with E-state index >= 15 is 0 Å². The Morgan fingerprint density at radius 1 is 1.09 bits per heavy atom. The minimum atomic E-state index is -0.588. The lowest BCUT2D eigenvalue weighted by Crippen LogP contribution is -2.13. The number of hydrogen-bond donors (Lipinski definition) is 1. The Bertz CT molecular complexity index is 1180. The zero-order chi connectivity index (χ0) is 23.5. The molecule has 1 aromatic heterocycles. The second kappa shape index (κ2) is 9.09. The van der Waals surface area contributed by atoms with Crippen LogP contribution in [0, 0.1) is 0 Å². The molecule has 1 N–H and O–H groups in total. The standard InChI is InChI=1S/C23H25N3O6/c1-6-20(27)31-9-10-32-22(29)14-7-8-17-18(11-14)25-26(24-17)19-13-15(30-5)12-16(21(19)28)23(2,3)4/h6-8,11-13,28H,1,9-10H2,2-5H3. The van der Waals surface area contributed by atoms with Crippen LogP contribution in [-0.4, -0.2) is 52.4 Å². The normalized spacial score (nSPS) is 11.2. The van der Waals surface area contributed by atoms with Crippen LogP contribution in [0.15, 0.2) is 43.0 Å². The fourth-order valence-corrected chi connectivity index (χ4v) is 3.00. The Labute approximate surface area is 185 Å². The number of carbonyl (C=O) groups excluding carboxylic acids is 2. The second-order valence-electron chi connectivity index (χ2n) is 7.99. The molecule has 2 aromatic carbocycles. The zero-order valence-corrected chi connectivity index (χ0v) is 18.4. The van der Waals surface area contributed by atoms with Crippen LogP contribution in [0.1, 0.15) is 36.7 Å². The van der Waals surface area contributed by atoms with Crippen LogP contribution in [0.25, 0.3) is 16.7 Å². The largest absolute Gasteiger partial charge is 0.505 e. The van der Waals surface area contributed by atoms with Gasteiger partial charge in [0.25, 0.3) is 0 Å². The molecule has 0 aliphatic rings. The number of esters is 2. The number of nitrogens with zero attached hydrogens (tertiary/aromatic N) is 3. The van der Waals surface area contributed by atoms with E-state index in [0.717, 1.165) is 6.08 Å². The van der Waals surface area contributed by atoms with E-state index in [1.54, 1.807) is 37.4 Å². The van der Waals surface area contributed by atoms with E-state index in [9.17, 15) is 14.7 Å². The fourth-order valence-electron chi connectivity index (χ4n) is 3.00. The molecule has 0 radical (unpaired) electrons. The van der Waals surface area contributed by atoms with Gasteiger partial charge in [0, 0.05) is 17.7 Å². The average molecular weight is 439 g/mol. The quantitative estimate of drug-likeness (QED) is 0.339. The number of phenols is 1. The van der Waals surface area contributed by atoms with Crippen LogP contribution >= 0.6 is 0 Å². The SMILES string of the molecule is C=CC(=O)OCCOC(=O)c1ccc2nn(-c3cc(OC)cc(C(C)(C)C)c3O)nc2c1. The van der Waals surface area contributed by atoms with Crippen molar-refractivity contribution in [2.75, 3.05) is 20.3 Å². The minimum absolute atomic E-state index is 0.0484. The molecule has 168 valence electrons. The summed E-state index contributed by atoms with van der Waals surface area (Å²) in [4.78, 5) is 24.6. The Kier molecular flexibility index (Phi) is 6.47. The summed E-state index contributed by atoms with van der Waals surface area (Å²) in [5.74, 6) is -0.567. The second-order valence-corrected chi connectivity index (χ2v) is 7.99. The van der Waals surface area contributed by atoms with Crippen molar-refractivity contribution in [3.8, 4) is 17.2 Å². The molecule has 3 aromatic rings. The summed E-state index contributed by atoms with van der Waals surface area (Å²) in [7, 11) is 1.55. The van der Waals surface area contributed by atoms with Crippen LogP contribution < -0.4 is 4.74 Å². The van der Waals surface area contributed by atoms with Crippen molar-refractivity contribution in [1.29, 1.82) is 0 Å². The first-order valence-corrected chi connectivity index (χ1v) is 9.89. The molecule has 0 spiro atoms. The Hall–Kier alpha value is -3.88. The van der Waals surface area contributed by atoms with Crippen molar-refractivity contribution in [1.82, 2.24) is 15.0 Å². The van der Waals surface area contributed by atoms with Gasteiger partial charge in [0.15, 0.2) is 0 Å². The number of benzene rings is 2. The van der Waals surface area contributed by atoms with Gasteiger partial charge in [-0.05, 0) is 29.7 Å². The Morgan fingerprint density at radius 3 is 2.44 bits per heavy atom. The molecule has 9 heteroatoms. The van der Waals surface area contributed by atoms with Gasteiger partial charge in [-0.1, -0.05) is 27.4 Å². The van der Waals surface area contributed by atoms with Gasteiger partial charge in [-0.3, -0.25) is 0 Å². The molecule has 9 nitrogen and oxygen atoms in total. The van der Waals surface area contributed by atoms with Crippen LogP contribution in [0.4, 0.5) is 0 Å². The van der Waals surface area contributed by atoms with Gasteiger partial charge in [-0.2, -0.15) is 0 Å². The maximum absolute atomic E-state index is 12.3. The van der Waals surface area contributed by atoms with E-state index in [2.05, 4.69) is 16.8 Å². The highest BCUT2D eigenvalue weighted by Crippen LogP contribution is 2.38. The van der Waals surface area contributed by atoms with Gasteiger partial charge < -0.3 is 19.3 Å². The van der Waals surface area contributed by atoms with Crippen molar-refractivity contribution in [2.24, 2.45) is 0 Å². The number of methoxy groups -OCH3 is 1. The van der Waals surface area contributed by atoms with E-state index in [4.69, 9.17) is 14.2 Å². The van der Waals surface area contributed by atoms with Crippen molar-refractivity contribution < 1.29 is 28.9 Å². The van der Waals surface area contributed by atoms with E-state index < -0.39 is 11.9 Å². The summed E-state index contributed by atoms with van der Waals surface area (Å²) in [5, 5.41) is 19.7. The number of ether oxygens (including phenoxy) is 3. The fraction of sp³-hybridized carbons (Fsp3) is 0.304. The van der Waals surface area contributed by atoms with Crippen LogP contribution in [-0.2, 0) is 19.7 Å². The number of phenolic OH excluding ortho intramolecular Hbond substituents is 1. The lowest BCUT2D eigenvalue weighted by molar-refractivity contribution is -0.138. The highest BCUT2D eigenvalue weighted by atomic mass is 16.6. The third kappa shape index (κ3) is 4.88. The first-order chi connectivity index (χ1) is 15.1. The Morgan fingerprint density at radius 2 is 1.78 bits per heavy atom. The molecule has 0 amide bonds. The molecule has 0 aliphatic heterocycles. The number of hydrogen-bond acceptors (Lipinski definition) is 8. The number of rotatable bonds is 7. The molecule has 0 atom stereocenters. The zero-order valence-electron chi connectivity index (χ0n) is 18.4. The van der Waals surface area contributed by atoms with E-state index in [-0.39, 0.29) is 29.9 Å². The molecule has 0 saturated heterocycles. The predicted molar refractivity (Wildman–Crippen MR) is 117 cm³/mol. The molecule has 32 heavy (non-hydrogen) atoms. The van der Waals surface area contributed by atoms with Gasteiger partial charge >= 0.3 is 11.9 Å². The van der Waals surface area contributed by atoms with Crippen molar-refractivity contribution in [3.63, 3.8) is 0 Å². The van der Waals surface area contributed by atoms with Crippen molar-refractivity contribution >= 4 is 23.0 Å². The summed E-state index contributed by atoms with van der Waals surface area (Å²) in [6.45, 7) is 9.07. The third-order valence-electron chi connectivity index (χ3n) is 4.67. The smallest absolute Gasteiger partial charge is 0.338 e. The maximum atomic E-state index is 12.3. The molecule has 0 unspecified atom stereocenters. The summed E-state index contributed by atoms with van der Waals surface area (Å²) < 4.78 is 15.3. The minimum Gasteiger partial charge on any atom is -0.505 e. The lowest BCUT2D eigenvalue weighted by atomic mass is 9.86. The maximum Gasteiger partial charge on any atom is 0.338 e. The molecule has 0 aliphatic carbocycles. The van der Waals surface area contributed by atoms with Gasteiger partial charge in [0.1, 0.15) is 41.4 Å². The number of fused-ring (bicyclic) bond motifs is 1. The number of aromatic nitrogens is 3. The number of aromatic hydroxyl groups is 1. The van der Waals surface area contributed by atoms with E-state index in [0.29, 0.717) is 28.0 Å². The molecule has 0 fully saturated rings. The van der Waals surface area contributed by atoms with Crippen LogP contribution in [0.2, 0.25) is 0 Å².